The van der Waals surface area contributed by atoms with E-state index in [1.165, 1.54) is 12.1 Å². The average Bonchev–Trinajstić information content (AvgIpc) is 2.36. The number of anilines is 1. The number of carbonyl (C=O) groups is 1. The Labute approximate surface area is 107 Å². The van der Waals surface area contributed by atoms with E-state index in [2.05, 4.69) is 5.32 Å². The maximum absolute atomic E-state index is 11.6. The fraction of sp³-hybridized carbons (Fsp3) is 0.417. The average molecular weight is 271 g/mol. The van der Waals surface area contributed by atoms with Gasteiger partial charge >= 0.3 is 5.97 Å². The molecule has 0 aliphatic carbocycles. The molecule has 1 unspecified atom stereocenters. The Bertz CT molecular complexity index is 507. The van der Waals surface area contributed by atoms with Gasteiger partial charge in [-0.25, -0.2) is 13.2 Å². The van der Waals surface area contributed by atoms with Crippen LogP contribution in [0.4, 0.5) is 5.69 Å². The molecule has 0 heterocycles. The highest BCUT2D eigenvalue weighted by molar-refractivity contribution is 7.91. The fourth-order valence-corrected chi connectivity index (χ4v) is 2.35. The molecule has 100 valence electrons. The molecule has 0 saturated carbocycles. The third-order valence-electron chi connectivity index (χ3n) is 2.64. The third kappa shape index (κ3) is 3.46. The molecule has 1 atom stereocenters. The molecule has 0 aromatic heterocycles. The molecule has 18 heavy (non-hydrogen) atoms. The lowest BCUT2D eigenvalue weighted by Gasteiger charge is -2.13. The summed E-state index contributed by atoms with van der Waals surface area (Å²) < 4.78 is 23.2. The van der Waals surface area contributed by atoms with Crippen molar-refractivity contribution in [1.29, 1.82) is 0 Å². The van der Waals surface area contributed by atoms with Gasteiger partial charge in [-0.3, -0.25) is 0 Å². The molecule has 0 aliphatic heterocycles. The normalized spacial score (nSPS) is 13.0. The van der Waals surface area contributed by atoms with E-state index in [9.17, 15) is 13.2 Å². The summed E-state index contributed by atoms with van der Waals surface area (Å²) in [7, 11) is -3.21. The van der Waals surface area contributed by atoms with Crippen LogP contribution in [0.25, 0.3) is 0 Å². The summed E-state index contributed by atoms with van der Waals surface area (Å²) >= 11 is 0. The van der Waals surface area contributed by atoms with Crippen molar-refractivity contribution in [3.05, 3.63) is 24.3 Å². The van der Waals surface area contributed by atoms with Crippen molar-refractivity contribution in [2.75, 3.05) is 11.1 Å². The maximum Gasteiger partial charge on any atom is 0.326 e. The lowest BCUT2D eigenvalue weighted by atomic mass is 10.2. The van der Waals surface area contributed by atoms with Gasteiger partial charge in [0, 0.05) is 5.69 Å². The van der Waals surface area contributed by atoms with Crippen LogP contribution >= 0.6 is 0 Å². The van der Waals surface area contributed by atoms with Gasteiger partial charge < -0.3 is 10.4 Å². The minimum atomic E-state index is -3.21. The summed E-state index contributed by atoms with van der Waals surface area (Å²) in [5.74, 6) is -0.880. The highest BCUT2D eigenvalue weighted by Crippen LogP contribution is 2.16. The predicted molar refractivity (Wildman–Crippen MR) is 69.5 cm³/mol. The monoisotopic (exact) mass is 271 g/mol. The van der Waals surface area contributed by atoms with E-state index in [1.54, 1.807) is 26.0 Å². The molecule has 0 aliphatic rings. The molecule has 0 saturated heterocycles. The van der Waals surface area contributed by atoms with E-state index in [0.717, 1.165) is 0 Å². The lowest BCUT2D eigenvalue weighted by molar-refractivity contribution is -0.137. The summed E-state index contributed by atoms with van der Waals surface area (Å²) in [6.45, 7) is 3.35. The Balaban J connectivity index is 2.87. The van der Waals surface area contributed by atoms with Gasteiger partial charge in [0.2, 0.25) is 0 Å². The largest absolute Gasteiger partial charge is 0.480 e. The van der Waals surface area contributed by atoms with Gasteiger partial charge in [0.05, 0.1) is 10.6 Å². The smallest absolute Gasteiger partial charge is 0.326 e. The van der Waals surface area contributed by atoms with Crippen LogP contribution in [0.5, 0.6) is 0 Å². The Morgan fingerprint density at radius 3 is 2.22 bits per heavy atom. The first-order valence-electron chi connectivity index (χ1n) is 5.73. The van der Waals surface area contributed by atoms with Crippen LogP contribution in [0.15, 0.2) is 29.2 Å². The number of hydrogen-bond donors (Lipinski definition) is 2. The van der Waals surface area contributed by atoms with E-state index in [4.69, 9.17) is 5.11 Å². The third-order valence-corrected chi connectivity index (χ3v) is 4.39. The second kappa shape index (κ2) is 5.86. The molecule has 0 amide bonds. The van der Waals surface area contributed by atoms with Crippen LogP contribution in [-0.2, 0) is 14.6 Å². The molecule has 2 N–H and O–H groups in total. The zero-order valence-electron chi connectivity index (χ0n) is 10.4. The Morgan fingerprint density at radius 2 is 1.83 bits per heavy atom. The number of aliphatic carboxylic acids is 1. The van der Waals surface area contributed by atoms with Gasteiger partial charge in [-0.15, -0.1) is 0 Å². The number of nitrogens with one attached hydrogen (secondary N) is 1. The van der Waals surface area contributed by atoms with E-state index < -0.39 is 21.8 Å². The Hall–Kier alpha value is -1.56. The predicted octanol–water partition coefficient (Wildman–Crippen LogP) is 1.76. The van der Waals surface area contributed by atoms with Crippen LogP contribution in [0.3, 0.4) is 0 Å². The number of rotatable bonds is 6. The zero-order valence-corrected chi connectivity index (χ0v) is 11.2. The van der Waals surface area contributed by atoms with Gasteiger partial charge in [0.1, 0.15) is 6.04 Å². The van der Waals surface area contributed by atoms with E-state index in [1.807, 2.05) is 0 Å². The van der Waals surface area contributed by atoms with E-state index in [-0.39, 0.29) is 10.6 Å². The lowest BCUT2D eigenvalue weighted by Crippen LogP contribution is -2.28. The molecular weight excluding hydrogens is 254 g/mol. The van der Waals surface area contributed by atoms with Crippen LogP contribution in [0, 0.1) is 0 Å². The Morgan fingerprint density at radius 1 is 1.28 bits per heavy atom. The van der Waals surface area contributed by atoms with Crippen molar-refractivity contribution in [2.45, 2.75) is 31.2 Å². The molecule has 0 bridgehead atoms. The number of carboxylic acids is 1. The summed E-state index contributed by atoms with van der Waals surface area (Å²) in [6.07, 6.45) is 0.449. The maximum atomic E-state index is 11.6. The van der Waals surface area contributed by atoms with Gasteiger partial charge in [-0.05, 0) is 30.7 Å². The van der Waals surface area contributed by atoms with Gasteiger partial charge in [0.15, 0.2) is 9.84 Å². The number of carboxylic acid groups (broad SMARTS) is 1. The van der Waals surface area contributed by atoms with Crippen molar-refractivity contribution in [3.63, 3.8) is 0 Å². The molecule has 5 nitrogen and oxygen atoms in total. The summed E-state index contributed by atoms with van der Waals surface area (Å²) in [5.41, 5.74) is 0.597. The molecule has 0 fully saturated rings. The van der Waals surface area contributed by atoms with Gasteiger partial charge in [-0.2, -0.15) is 0 Å². The number of benzene rings is 1. The first kappa shape index (κ1) is 14.5. The highest BCUT2D eigenvalue weighted by atomic mass is 32.2. The topological polar surface area (TPSA) is 83.5 Å². The molecule has 0 radical (unpaired) electrons. The van der Waals surface area contributed by atoms with Crippen molar-refractivity contribution in [3.8, 4) is 0 Å². The molecule has 0 spiro atoms. The van der Waals surface area contributed by atoms with Crippen molar-refractivity contribution < 1.29 is 18.3 Å². The SMILES string of the molecule is CCC(Nc1ccc(S(=O)(=O)CC)cc1)C(=O)O. The van der Waals surface area contributed by atoms with Gasteiger partial charge in [-0.1, -0.05) is 13.8 Å². The summed E-state index contributed by atoms with van der Waals surface area (Å²) in [6, 6.07) is 5.45. The molecular formula is C12H17NO4S. The second-order valence-corrected chi connectivity index (χ2v) is 6.15. The van der Waals surface area contributed by atoms with Crippen molar-refractivity contribution >= 4 is 21.5 Å². The van der Waals surface area contributed by atoms with Crippen LogP contribution in [0.2, 0.25) is 0 Å². The first-order valence-corrected chi connectivity index (χ1v) is 7.38. The molecule has 1 aromatic carbocycles. The standard InChI is InChI=1S/C12H17NO4S/c1-3-11(12(14)15)13-9-5-7-10(8-6-9)18(16,17)4-2/h5-8,11,13H,3-4H2,1-2H3,(H,14,15). The minimum absolute atomic E-state index is 0.0481. The van der Waals surface area contributed by atoms with Crippen molar-refractivity contribution in [1.82, 2.24) is 0 Å². The fourth-order valence-electron chi connectivity index (χ4n) is 1.46. The quantitative estimate of drug-likeness (QED) is 0.823. The van der Waals surface area contributed by atoms with Crippen LogP contribution in [-0.4, -0.2) is 31.3 Å². The second-order valence-electron chi connectivity index (χ2n) is 3.87. The highest BCUT2D eigenvalue weighted by Gasteiger charge is 2.15. The van der Waals surface area contributed by atoms with Gasteiger partial charge in [0.25, 0.3) is 0 Å². The molecule has 1 aromatic rings. The minimum Gasteiger partial charge on any atom is -0.480 e. The molecule has 6 heteroatoms. The zero-order chi connectivity index (χ0) is 13.8. The number of sulfone groups is 1. The van der Waals surface area contributed by atoms with Crippen LogP contribution < -0.4 is 5.32 Å². The Kier molecular flexibility index (Phi) is 4.72. The summed E-state index contributed by atoms with van der Waals surface area (Å²) in [5, 5.41) is 11.7. The summed E-state index contributed by atoms with van der Waals surface area (Å²) in [4.78, 5) is 11.1. The number of hydrogen-bond acceptors (Lipinski definition) is 4. The first-order chi connectivity index (χ1) is 8.40. The van der Waals surface area contributed by atoms with E-state index >= 15 is 0 Å². The van der Waals surface area contributed by atoms with Crippen LogP contribution in [0.1, 0.15) is 20.3 Å². The van der Waals surface area contributed by atoms with Crippen molar-refractivity contribution in [2.24, 2.45) is 0 Å². The molecule has 1 rings (SSSR count). The van der Waals surface area contributed by atoms with E-state index in [0.29, 0.717) is 12.1 Å².